The average Bonchev–Trinajstić information content (AvgIpc) is 3.15. The number of benzene rings is 2. The van der Waals surface area contributed by atoms with E-state index in [4.69, 9.17) is 0 Å². The van der Waals surface area contributed by atoms with Crippen LogP contribution in [0, 0.1) is 17.5 Å². The second-order valence-electron chi connectivity index (χ2n) is 9.04. The summed E-state index contributed by atoms with van der Waals surface area (Å²) in [5, 5.41) is 5.74. The molecule has 0 radical (unpaired) electrons. The number of nitrogens with zero attached hydrogens (tertiary/aromatic N) is 4. The molecule has 0 spiro atoms. The SMILES string of the molecule is Cn1nc2c(c1-c1cc(F)c(F)c(F)c1)C[C@@H]1CC(=O)N1C2CCc1ccc2ncccc2c1. The molecule has 1 fully saturated rings. The lowest BCUT2D eigenvalue weighted by atomic mass is 9.81. The molecule has 8 heteroatoms. The van der Waals surface area contributed by atoms with E-state index >= 15 is 0 Å². The second-order valence-corrected chi connectivity index (χ2v) is 9.04. The van der Waals surface area contributed by atoms with Gasteiger partial charge in [-0.2, -0.15) is 5.10 Å². The highest BCUT2D eigenvalue weighted by Crippen LogP contribution is 2.45. The van der Waals surface area contributed by atoms with Crippen LogP contribution in [0.5, 0.6) is 0 Å². The zero-order valence-corrected chi connectivity index (χ0v) is 18.4. The molecule has 2 aliphatic heterocycles. The summed E-state index contributed by atoms with van der Waals surface area (Å²) in [7, 11) is 1.71. The molecule has 1 saturated heterocycles. The molecule has 5 nitrogen and oxygen atoms in total. The van der Waals surface area contributed by atoms with Crippen LogP contribution in [0.3, 0.4) is 0 Å². The summed E-state index contributed by atoms with van der Waals surface area (Å²) in [6, 6.07) is 11.9. The van der Waals surface area contributed by atoms with Gasteiger partial charge in [0.1, 0.15) is 0 Å². The first kappa shape index (κ1) is 20.9. The maximum atomic E-state index is 14.0. The van der Waals surface area contributed by atoms with E-state index in [9.17, 15) is 18.0 Å². The molecule has 2 atom stereocenters. The topological polar surface area (TPSA) is 51.0 Å². The molecule has 0 aliphatic carbocycles. The van der Waals surface area contributed by atoms with Gasteiger partial charge in [-0.25, -0.2) is 13.2 Å². The zero-order valence-electron chi connectivity index (χ0n) is 18.4. The Morgan fingerprint density at radius 3 is 2.62 bits per heavy atom. The van der Waals surface area contributed by atoms with Gasteiger partial charge >= 0.3 is 0 Å². The molecule has 0 saturated carbocycles. The van der Waals surface area contributed by atoms with E-state index < -0.39 is 17.5 Å². The van der Waals surface area contributed by atoms with Gasteiger partial charge in [0.05, 0.1) is 22.9 Å². The summed E-state index contributed by atoms with van der Waals surface area (Å²) in [5.41, 5.74) is 4.48. The number of fused-ring (bicyclic) bond motifs is 3. The predicted octanol–water partition coefficient (Wildman–Crippen LogP) is 4.88. The monoisotopic (exact) mass is 462 g/mol. The van der Waals surface area contributed by atoms with Gasteiger partial charge in [0.25, 0.3) is 0 Å². The van der Waals surface area contributed by atoms with Gasteiger partial charge in [-0.05, 0) is 55.2 Å². The number of hydrogen-bond acceptors (Lipinski definition) is 3. The first-order valence-corrected chi connectivity index (χ1v) is 11.3. The number of hydrogen-bond donors (Lipinski definition) is 0. The Kier molecular flexibility index (Phi) is 4.72. The summed E-state index contributed by atoms with van der Waals surface area (Å²) >= 11 is 0. The zero-order chi connectivity index (χ0) is 23.6. The molecule has 2 aromatic heterocycles. The second kappa shape index (κ2) is 7.68. The number of pyridine rings is 1. The van der Waals surface area contributed by atoms with E-state index in [0.717, 1.165) is 46.3 Å². The minimum absolute atomic E-state index is 0.0314. The molecule has 34 heavy (non-hydrogen) atoms. The summed E-state index contributed by atoms with van der Waals surface area (Å²) in [6.45, 7) is 0. The molecule has 0 N–H and O–H groups in total. The lowest BCUT2D eigenvalue weighted by molar-refractivity contribution is -0.151. The quantitative estimate of drug-likeness (QED) is 0.321. The van der Waals surface area contributed by atoms with Gasteiger partial charge in [-0.3, -0.25) is 14.5 Å². The van der Waals surface area contributed by atoms with Crippen LogP contribution in [0.1, 0.15) is 35.7 Å². The third kappa shape index (κ3) is 3.20. The Morgan fingerprint density at radius 1 is 1.06 bits per heavy atom. The largest absolute Gasteiger partial charge is 0.330 e. The molecule has 0 bridgehead atoms. The highest BCUT2D eigenvalue weighted by molar-refractivity contribution is 5.85. The number of β-lactam (4-membered cyclic amide) rings is 1. The number of carbonyl (C=O) groups excluding carboxylic acids is 1. The lowest BCUT2D eigenvalue weighted by Gasteiger charge is -2.48. The van der Waals surface area contributed by atoms with Crippen LogP contribution in [-0.2, 0) is 24.7 Å². The molecular weight excluding hydrogens is 441 g/mol. The van der Waals surface area contributed by atoms with Crippen molar-refractivity contribution in [1.29, 1.82) is 0 Å². The van der Waals surface area contributed by atoms with E-state index in [1.807, 2.05) is 29.2 Å². The van der Waals surface area contributed by atoms with Crippen LogP contribution in [0.4, 0.5) is 13.2 Å². The normalized spacial score (nSPS) is 19.2. The van der Waals surface area contributed by atoms with Crippen LogP contribution in [0.25, 0.3) is 22.2 Å². The Balaban J connectivity index is 1.37. The maximum absolute atomic E-state index is 14.0. The van der Waals surface area contributed by atoms with Crippen molar-refractivity contribution in [2.24, 2.45) is 7.05 Å². The van der Waals surface area contributed by atoms with Gasteiger partial charge in [-0.15, -0.1) is 0 Å². The van der Waals surface area contributed by atoms with Crippen molar-refractivity contribution < 1.29 is 18.0 Å². The molecule has 2 aromatic carbocycles. The van der Waals surface area contributed by atoms with Gasteiger partial charge in [0.15, 0.2) is 17.5 Å². The summed E-state index contributed by atoms with van der Waals surface area (Å²) in [5.74, 6) is -3.86. The predicted molar refractivity (Wildman–Crippen MR) is 120 cm³/mol. The Morgan fingerprint density at radius 2 is 1.85 bits per heavy atom. The van der Waals surface area contributed by atoms with Crippen molar-refractivity contribution in [2.75, 3.05) is 0 Å². The lowest BCUT2D eigenvalue weighted by Crippen LogP contribution is -2.57. The molecule has 172 valence electrons. The van der Waals surface area contributed by atoms with E-state index in [0.29, 0.717) is 25.0 Å². The number of amides is 1. The standard InChI is InChI=1S/C26H21F3N4O/c1-32-26(16-10-19(27)24(29)20(28)11-16)18-12-17-13-23(34)33(17)22(25(18)31-32)7-5-14-4-6-21-15(9-14)3-2-8-30-21/h2-4,6,8-11,17,22H,5,7,12-13H2,1H3/t17-,22?/m1/s1. The number of aromatic nitrogens is 3. The van der Waals surface area contributed by atoms with E-state index in [2.05, 4.69) is 16.1 Å². The van der Waals surface area contributed by atoms with E-state index in [1.54, 1.807) is 17.9 Å². The number of halogens is 3. The van der Waals surface area contributed by atoms with Crippen LogP contribution in [0.15, 0.2) is 48.7 Å². The molecule has 6 rings (SSSR count). The Hall–Kier alpha value is -3.68. The van der Waals surface area contributed by atoms with Crippen molar-refractivity contribution in [3.63, 3.8) is 0 Å². The molecule has 1 unspecified atom stereocenters. The van der Waals surface area contributed by atoms with E-state index in [1.165, 1.54) is 0 Å². The van der Waals surface area contributed by atoms with E-state index in [-0.39, 0.29) is 23.6 Å². The fourth-order valence-corrected chi connectivity index (χ4v) is 5.43. The third-order valence-electron chi connectivity index (χ3n) is 6.99. The number of carbonyl (C=O) groups is 1. The molecule has 2 aliphatic rings. The first-order chi connectivity index (χ1) is 16.4. The minimum Gasteiger partial charge on any atom is -0.330 e. The fourth-order valence-electron chi connectivity index (χ4n) is 5.43. The molecular formula is C26H21F3N4O. The van der Waals surface area contributed by atoms with Crippen LogP contribution in [-0.4, -0.2) is 31.6 Å². The van der Waals surface area contributed by atoms with Gasteiger partial charge in [0.2, 0.25) is 5.91 Å². The van der Waals surface area contributed by atoms with Crippen molar-refractivity contribution in [3.05, 3.63) is 82.9 Å². The summed E-state index contributed by atoms with van der Waals surface area (Å²) in [6.07, 6.45) is 4.17. The van der Waals surface area contributed by atoms with Gasteiger partial charge < -0.3 is 4.90 Å². The minimum atomic E-state index is -1.49. The molecule has 4 heterocycles. The Bertz CT molecular complexity index is 1440. The van der Waals surface area contributed by atoms with Crippen molar-refractivity contribution in [2.45, 2.75) is 37.8 Å². The highest BCUT2D eigenvalue weighted by atomic mass is 19.2. The maximum Gasteiger partial charge on any atom is 0.225 e. The third-order valence-corrected chi connectivity index (χ3v) is 6.99. The molecule has 4 aromatic rings. The van der Waals surface area contributed by atoms with Crippen molar-refractivity contribution >= 4 is 16.8 Å². The molecule has 1 amide bonds. The smallest absolute Gasteiger partial charge is 0.225 e. The Labute approximate surface area is 193 Å². The summed E-state index contributed by atoms with van der Waals surface area (Å²) < 4.78 is 43.1. The van der Waals surface area contributed by atoms with Crippen LogP contribution >= 0.6 is 0 Å². The highest BCUT2D eigenvalue weighted by Gasteiger charge is 2.47. The van der Waals surface area contributed by atoms with Gasteiger partial charge in [-0.1, -0.05) is 12.1 Å². The van der Waals surface area contributed by atoms with Crippen molar-refractivity contribution in [1.82, 2.24) is 19.7 Å². The van der Waals surface area contributed by atoms with Crippen LogP contribution < -0.4 is 0 Å². The number of rotatable bonds is 4. The van der Waals surface area contributed by atoms with Gasteiger partial charge in [0, 0.05) is 42.2 Å². The van der Waals surface area contributed by atoms with Crippen molar-refractivity contribution in [3.8, 4) is 11.3 Å². The first-order valence-electron chi connectivity index (χ1n) is 11.3. The number of aryl methyl sites for hydroxylation is 2. The van der Waals surface area contributed by atoms with Crippen LogP contribution in [0.2, 0.25) is 0 Å². The fraction of sp³-hybridized carbons (Fsp3) is 0.269. The average molecular weight is 462 g/mol. The summed E-state index contributed by atoms with van der Waals surface area (Å²) in [4.78, 5) is 18.8.